The first-order valence-corrected chi connectivity index (χ1v) is 8.86. The highest BCUT2D eigenvalue weighted by atomic mass is 16.6. The zero-order chi connectivity index (χ0) is 15.8. The van der Waals surface area contributed by atoms with E-state index >= 15 is 0 Å². The minimum Gasteiger partial charge on any atom is -0.365 e. The molecule has 0 aromatic heterocycles. The average molecular weight is 305 g/mol. The van der Waals surface area contributed by atoms with Crippen molar-refractivity contribution in [3.8, 4) is 6.07 Å². The highest BCUT2D eigenvalue weighted by molar-refractivity contribution is 5.87. The molecule has 0 aromatic rings. The lowest BCUT2D eigenvalue weighted by Crippen LogP contribution is -2.57. The minimum absolute atomic E-state index is 0.0702. The standard InChI is InChI=1S/C18H27NO3/c1-2-17-10-11-18(21)15(14(17)8-9-16(17)20)7-6-13(22-18)5-3-4-12-19/h13-15,21H,2-11H2,1H3. The van der Waals surface area contributed by atoms with Gasteiger partial charge >= 0.3 is 0 Å². The smallest absolute Gasteiger partial charge is 0.168 e. The lowest BCUT2D eigenvalue weighted by atomic mass is 9.58. The number of carbonyl (C=O) groups is 1. The Morgan fingerprint density at radius 1 is 1.32 bits per heavy atom. The van der Waals surface area contributed by atoms with Crippen molar-refractivity contribution in [2.75, 3.05) is 0 Å². The minimum atomic E-state index is -1.04. The van der Waals surface area contributed by atoms with E-state index in [1.54, 1.807) is 0 Å². The molecule has 1 aliphatic heterocycles. The Labute approximate surface area is 132 Å². The van der Waals surface area contributed by atoms with Gasteiger partial charge in [0.05, 0.1) is 12.2 Å². The quantitative estimate of drug-likeness (QED) is 0.809. The van der Waals surface area contributed by atoms with Gasteiger partial charge in [-0.2, -0.15) is 5.26 Å². The van der Waals surface area contributed by atoms with Crippen molar-refractivity contribution in [3.05, 3.63) is 0 Å². The summed E-state index contributed by atoms with van der Waals surface area (Å²) >= 11 is 0. The van der Waals surface area contributed by atoms with Gasteiger partial charge in [-0.3, -0.25) is 4.79 Å². The van der Waals surface area contributed by atoms with Crippen LogP contribution in [0, 0.1) is 28.6 Å². The van der Waals surface area contributed by atoms with E-state index in [1.165, 1.54) is 0 Å². The number of ether oxygens (including phenoxy) is 1. The molecule has 1 saturated heterocycles. The highest BCUT2D eigenvalue weighted by Crippen LogP contribution is 2.60. The van der Waals surface area contributed by atoms with Crippen LogP contribution in [0.2, 0.25) is 0 Å². The van der Waals surface area contributed by atoms with Crippen LogP contribution in [0.25, 0.3) is 0 Å². The van der Waals surface area contributed by atoms with Gasteiger partial charge in [0.15, 0.2) is 5.79 Å². The highest BCUT2D eigenvalue weighted by Gasteiger charge is 2.61. The van der Waals surface area contributed by atoms with E-state index in [2.05, 4.69) is 13.0 Å². The van der Waals surface area contributed by atoms with Crippen LogP contribution in [-0.2, 0) is 9.53 Å². The molecule has 4 nitrogen and oxygen atoms in total. The number of carbonyl (C=O) groups excluding carboxylic acids is 1. The van der Waals surface area contributed by atoms with E-state index < -0.39 is 5.79 Å². The second-order valence-electron chi connectivity index (χ2n) is 7.40. The van der Waals surface area contributed by atoms with Gasteiger partial charge in [-0.1, -0.05) is 6.92 Å². The topological polar surface area (TPSA) is 70.3 Å². The molecule has 122 valence electrons. The van der Waals surface area contributed by atoms with E-state index in [0.717, 1.165) is 44.9 Å². The Morgan fingerprint density at radius 2 is 2.14 bits per heavy atom. The van der Waals surface area contributed by atoms with Crippen molar-refractivity contribution in [1.82, 2.24) is 0 Å². The molecule has 1 N–H and O–H groups in total. The van der Waals surface area contributed by atoms with Crippen LogP contribution in [0.5, 0.6) is 0 Å². The molecular formula is C18H27NO3. The summed E-state index contributed by atoms with van der Waals surface area (Å²) < 4.78 is 6.09. The van der Waals surface area contributed by atoms with E-state index in [4.69, 9.17) is 10.00 Å². The maximum atomic E-state index is 12.4. The molecule has 3 rings (SSSR count). The normalized spacial score (nSPS) is 44.2. The molecule has 4 heteroatoms. The fourth-order valence-corrected chi connectivity index (χ4v) is 5.37. The average Bonchev–Trinajstić information content (AvgIpc) is 2.84. The maximum Gasteiger partial charge on any atom is 0.168 e. The number of nitriles is 1. The Bertz CT molecular complexity index is 485. The number of aliphatic hydroxyl groups is 1. The van der Waals surface area contributed by atoms with Crippen LogP contribution < -0.4 is 0 Å². The van der Waals surface area contributed by atoms with Crippen molar-refractivity contribution < 1.29 is 14.6 Å². The van der Waals surface area contributed by atoms with E-state index in [0.29, 0.717) is 31.0 Å². The lowest BCUT2D eigenvalue weighted by molar-refractivity contribution is -0.316. The van der Waals surface area contributed by atoms with Crippen molar-refractivity contribution >= 4 is 5.78 Å². The molecule has 1 heterocycles. The molecule has 2 saturated carbocycles. The van der Waals surface area contributed by atoms with Crippen LogP contribution in [0.1, 0.15) is 71.1 Å². The first-order valence-electron chi connectivity index (χ1n) is 8.86. The third-order valence-electron chi connectivity index (χ3n) is 6.56. The van der Waals surface area contributed by atoms with Gasteiger partial charge in [0.2, 0.25) is 0 Å². The van der Waals surface area contributed by atoms with Gasteiger partial charge in [0.1, 0.15) is 5.78 Å². The molecule has 0 amide bonds. The van der Waals surface area contributed by atoms with Crippen LogP contribution in [0.15, 0.2) is 0 Å². The summed E-state index contributed by atoms with van der Waals surface area (Å²) in [5, 5.41) is 19.7. The number of hydrogen-bond acceptors (Lipinski definition) is 4. The predicted molar refractivity (Wildman–Crippen MR) is 81.7 cm³/mol. The number of Topliss-reactive ketones (excluding diaryl/α,β-unsaturated/α-hetero) is 1. The monoisotopic (exact) mass is 305 g/mol. The van der Waals surface area contributed by atoms with Crippen LogP contribution >= 0.6 is 0 Å². The van der Waals surface area contributed by atoms with Gasteiger partial charge in [-0.05, 0) is 50.9 Å². The summed E-state index contributed by atoms with van der Waals surface area (Å²) in [4.78, 5) is 12.4. The number of unbranched alkanes of at least 4 members (excludes halogenated alkanes) is 1. The van der Waals surface area contributed by atoms with Crippen molar-refractivity contribution in [3.63, 3.8) is 0 Å². The second kappa shape index (κ2) is 5.94. The van der Waals surface area contributed by atoms with Gasteiger partial charge in [-0.15, -0.1) is 0 Å². The molecule has 2 aliphatic carbocycles. The maximum absolute atomic E-state index is 12.4. The van der Waals surface area contributed by atoms with Crippen molar-refractivity contribution in [2.24, 2.45) is 17.3 Å². The fraction of sp³-hybridized carbons (Fsp3) is 0.889. The summed E-state index contributed by atoms with van der Waals surface area (Å²) in [5.41, 5.74) is -0.187. The lowest BCUT2D eigenvalue weighted by Gasteiger charge is -2.54. The molecule has 0 radical (unpaired) electrons. The fourth-order valence-electron chi connectivity index (χ4n) is 5.37. The first-order chi connectivity index (χ1) is 10.6. The molecule has 5 atom stereocenters. The molecule has 3 fully saturated rings. The van der Waals surface area contributed by atoms with Crippen LogP contribution in [-0.4, -0.2) is 22.8 Å². The van der Waals surface area contributed by atoms with Crippen LogP contribution in [0.4, 0.5) is 0 Å². The Hall–Kier alpha value is -0.920. The number of ketones is 1. The summed E-state index contributed by atoms with van der Waals surface area (Å²) in [5.74, 6) is -0.217. The largest absolute Gasteiger partial charge is 0.365 e. The van der Waals surface area contributed by atoms with E-state index in [-0.39, 0.29) is 17.4 Å². The third kappa shape index (κ3) is 2.39. The summed E-state index contributed by atoms with van der Waals surface area (Å²) in [6.45, 7) is 2.12. The van der Waals surface area contributed by atoms with E-state index in [1.807, 2.05) is 0 Å². The van der Waals surface area contributed by atoms with Crippen molar-refractivity contribution in [1.29, 1.82) is 5.26 Å². The molecule has 5 unspecified atom stereocenters. The number of nitrogens with zero attached hydrogens (tertiary/aromatic N) is 1. The Kier molecular flexibility index (Phi) is 4.31. The van der Waals surface area contributed by atoms with E-state index in [9.17, 15) is 9.90 Å². The van der Waals surface area contributed by atoms with Gasteiger partial charge in [0.25, 0.3) is 0 Å². The van der Waals surface area contributed by atoms with Crippen LogP contribution in [0.3, 0.4) is 0 Å². The molecule has 22 heavy (non-hydrogen) atoms. The van der Waals surface area contributed by atoms with Gasteiger partial charge in [0, 0.05) is 30.6 Å². The molecular weight excluding hydrogens is 278 g/mol. The number of rotatable bonds is 4. The van der Waals surface area contributed by atoms with Gasteiger partial charge < -0.3 is 9.84 Å². The molecule has 0 bridgehead atoms. The molecule has 0 aromatic carbocycles. The number of hydrogen-bond donors (Lipinski definition) is 1. The molecule has 3 aliphatic rings. The Morgan fingerprint density at radius 3 is 2.86 bits per heavy atom. The Balaban J connectivity index is 1.72. The first kappa shape index (κ1) is 16.0. The summed E-state index contributed by atoms with van der Waals surface area (Å²) in [6, 6.07) is 2.17. The van der Waals surface area contributed by atoms with Gasteiger partial charge in [-0.25, -0.2) is 0 Å². The summed E-state index contributed by atoms with van der Waals surface area (Å²) in [6.07, 6.45) is 8.06. The zero-order valence-electron chi connectivity index (χ0n) is 13.5. The second-order valence-corrected chi connectivity index (χ2v) is 7.40. The SMILES string of the molecule is CCC12CCC3(O)OC(CCCC#N)CCC3C1CCC2=O. The zero-order valence-corrected chi connectivity index (χ0v) is 13.5. The predicted octanol–water partition coefficient (Wildman–Crippen LogP) is 3.33. The number of fused-ring (bicyclic) bond motifs is 3. The summed E-state index contributed by atoms with van der Waals surface area (Å²) in [7, 11) is 0. The molecule has 0 spiro atoms. The van der Waals surface area contributed by atoms with Crippen molar-refractivity contribution in [2.45, 2.75) is 83.0 Å². The third-order valence-corrected chi connectivity index (χ3v) is 6.56.